The lowest BCUT2D eigenvalue weighted by Crippen LogP contribution is -2.54. The Morgan fingerprint density at radius 3 is 0.838 bits per heavy atom. The molecule has 0 rings (SSSR count). The first kappa shape index (κ1) is 39.4. The average molecular weight is 544 g/mol. The van der Waals surface area contributed by atoms with Gasteiger partial charge >= 0.3 is 0 Å². The Balaban J connectivity index is 0. The Morgan fingerprint density at radius 1 is 0.351 bits per heavy atom. The fourth-order valence-electron chi connectivity index (χ4n) is 6.38. The molecule has 0 heterocycles. The highest BCUT2D eigenvalue weighted by Crippen LogP contribution is 2.45. The van der Waals surface area contributed by atoms with E-state index in [2.05, 4.69) is 34.6 Å². The second-order valence-electron chi connectivity index (χ2n) is 12.8. The van der Waals surface area contributed by atoms with Crippen molar-refractivity contribution in [2.45, 2.75) is 220 Å². The summed E-state index contributed by atoms with van der Waals surface area (Å²) >= 11 is 0. The van der Waals surface area contributed by atoms with Gasteiger partial charge in [-0.05, 0) is 31.1 Å². The molecule has 2 N–H and O–H groups in total. The fraction of sp³-hybridized carbons (Fsp3) is 1.00. The summed E-state index contributed by atoms with van der Waals surface area (Å²) in [6.45, 7) is 11.9. The van der Waals surface area contributed by atoms with Gasteiger partial charge in [0.2, 0.25) is 0 Å². The van der Waals surface area contributed by atoms with Gasteiger partial charge in [-0.15, -0.1) is 12.4 Å². The Morgan fingerprint density at radius 2 is 0.568 bits per heavy atom. The van der Waals surface area contributed by atoms with E-state index in [4.69, 9.17) is 5.73 Å². The Labute approximate surface area is 243 Å². The Kier molecular flexibility index (Phi) is 29.6. The molecule has 0 saturated heterocycles. The number of unbranched alkanes of at least 4 members (excludes halogenated alkanes) is 20. The third-order valence-corrected chi connectivity index (χ3v) is 9.32. The first-order valence-electron chi connectivity index (χ1n) is 17.3. The summed E-state index contributed by atoms with van der Waals surface area (Å²) < 4.78 is 0. The van der Waals surface area contributed by atoms with E-state index in [0.717, 1.165) is 0 Å². The number of hydrogen-bond acceptors (Lipinski definition) is 1. The summed E-state index contributed by atoms with van der Waals surface area (Å²) in [5, 5.41) is 0. The number of halogens is 1. The van der Waals surface area contributed by atoms with Gasteiger partial charge in [-0.25, -0.2) is 0 Å². The summed E-state index contributed by atoms with van der Waals surface area (Å²) in [6.07, 6.45) is 38.7. The molecule has 0 saturated carbocycles. The number of nitrogens with two attached hydrogens (primary N) is 1. The molecule has 0 atom stereocenters. The average Bonchev–Trinajstić information content (AvgIpc) is 2.87. The molecule has 1 nitrogen and oxygen atoms in total. The minimum Gasteiger partial charge on any atom is -0.325 e. The zero-order valence-corrected chi connectivity index (χ0v) is 27.6. The van der Waals surface area contributed by atoms with Crippen molar-refractivity contribution in [3.8, 4) is 0 Å². The van der Waals surface area contributed by atoms with Gasteiger partial charge < -0.3 is 5.73 Å². The van der Waals surface area contributed by atoms with Gasteiger partial charge in [0, 0.05) is 5.54 Å². The summed E-state index contributed by atoms with van der Waals surface area (Å²) in [5.41, 5.74) is 7.94. The first-order chi connectivity index (χ1) is 17.5. The van der Waals surface area contributed by atoms with Gasteiger partial charge in [-0.1, -0.05) is 189 Å². The van der Waals surface area contributed by atoms with Crippen molar-refractivity contribution >= 4 is 12.4 Å². The van der Waals surface area contributed by atoms with E-state index in [1.807, 2.05) is 0 Å². The van der Waals surface area contributed by atoms with Crippen molar-refractivity contribution in [2.24, 2.45) is 11.1 Å². The van der Waals surface area contributed by atoms with Gasteiger partial charge in [0.25, 0.3) is 0 Å². The van der Waals surface area contributed by atoms with E-state index >= 15 is 0 Å². The van der Waals surface area contributed by atoms with Gasteiger partial charge in [0.1, 0.15) is 0 Å². The second kappa shape index (κ2) is 27.8. The molecule has 0 aliphatic carbocycles. The van der Waals surface area contributed by atoms with Crippen molar-refractivity contribution in [3.05, 3.63) is 0 Å². The van der Waals surface area contributed by atoms with Gasteiger partial charge in [0.15, 0.2) is 0 Å². The fourth-order valence-corrected chi connectivity index (χ4v) is 6.38. The molecule has 0 aromatic heterocycles. The van der Waals surface area contributed by atoms with E-state index in [0.29, 0.717) is 5.41 Å². The van der Waals surface area contributed by atoms with E-state index in [9.17, 15) is 0 Å². The van der Waals surface area contributed by atoms with E-state index < -0.39 is 0 Å². The molecule has 0 amide bonds. The molecule has 0 spiro atoms. The van der Waals surface area contributed by atoms with Crippen LogP contribution >= 0.6 is 12.4 Å². The van der Waals surface area contributed by atoms with Crippen molar-refractivity contribution < 1.29 is 0 Å². The molecule has 0 aromatic rings. The van der Waals surface area contributed by atoms with Crippen LogP contribution in [0.25, 0.3) is 0 Å². The largest absolute Gasteiger partial charge is 0.325 e. The molecule has 0 aliphatic heterocycles. The molecular formula is C35H74ClN. The molecule has 37 heavy (non-hydrogen) atoms. The van der Waals surface area contributed by atoms with E-state index in [-0.39, 0.29) is 17.9 Å². The van der Waals surface area contributed by atoms with Gasteiger partial charge in [0.05, 0.1) is 0 Å². The SMILES string of the molecule is CCCCCCCCC(C)(CCCCCCCC)C(N)(CCCCCCCC)CCCCCCCC.Cl. The van der Waals surface area contributed by atoms with Crippen LogP contribution in [0.5, 0.6) is 0 Å². The standard InChI is InChI=1S/C35H73N.ClH/c1-6-10-14-18-22-26-30-34(5,31-27-23-19-15-11-7-2)35(36,32-28-24-20-16-12-8-3)33-29-25-21-17-13-9-4;/h6-33,36H2,1-5H3;1H. The summed E-state index contributed by atoms with van der Waals surface area (Å²) in [7, 11) is 0. The predicted octanol–water partition coefficient (Wildman–Crippen LogP) is 13.1. The first-order valence-corrected chi connectivity index (χ1v) is 17.3. The van der Waals surface area contributed by atoms with Gasteiger partial charge in [-0.2, -0.15) is 0 Å². The van der Waals surface area contributed by atoms with Crippen LogP contribution in [0.4, 0.5) is 0 Å². The second-order valence-corrected chi connectivity index (χ2v) is 12.8. The van der Waals surface area contributed by atoms with Crippen LogP contribution in [-0.4, -0.2) is 5.54 Å². The highest BCUT2D eigenvalue weighted by Gasteiger charge is 2.43. The van der Waals surface area contributed by atoms with Crippen LogP contribution in [0.15, 0.2) is 0 Å². The summed E-state index contributed by atoms with van der Waals surface area (Å²) in [5.74, 6) is 0. The van der Waals surface area contributed by atoms with Gasteiger partial charge in [-0.3, -0.25) is 0 Å². The zero-order chi connectivity index (χ0) is 26.8. The van der Waals surface area contributed by atoms with Crippen LogP contribution in [0.1, 0.15) is 214 Å². The Hall–Kier alpha value is 0.250. The number of hydrogen-bond donors (Lipinski definition) is 1. The predicted molar refractivity (Wildman–Crippen MR) is 174 cm³/mol. The quantitative estimate of drug-likeness (QED) is 0.0932. The minimum atomic E-state index is 0. The molecule has 2 heteroatoms. The molecule has 0 bridgehead atoms. The highest BCUT2D eigenvalue weighted by atomic mass is 35.5. The maximum atomic E-state index is 7.58. The van der Waals surface area contributed by atoms with Crippen LogP contribution in [0.2, 0.25) is 0 Å². The maximum absolute atomic E-state index is 7.58. The van der Waals surface area contributed by atoms with E-state index in [1.54, 1.807) is 0 Å². The lowest BCUT2D eigenvalue weighted by molar-refractivity contribution is 0.0832. The topological polar surface area (TPSA) is 26.0 Å². The molecule has 226 valence electrons. The minimum absolute atomic E-state index is 0. The van der Waals surface area contributed by atoms with Crippen molar-refractivity contribution in [1.82, 2.24) is 0 Å². The van der Waals surface area contributed by atoms with Crippen molar-refractivity contribution in [3.63, 3.8) is 0 Å². The third-order valence-electron chi connectivity index (χ3n) is 9.32. The molecule has 0 fully saturated rings. The molecular weight excluding hydrogens is 470 g/mol. The molecule has 0 unspecified atom stereocenters. The Bertz CT molecular complexity index is 363. The van der Waals surface area contributed by atoms with E-state index in [1.165, 1.54) is 180 Å². The van der Waals surface area contributed by atoms with Crippen LogP contribution in [0.3, 0.4) is 0 Å². The zero-order valence-electron chi connectivity index (χ0n) is 26.8. The van der Waals surface area contributed by atoms with Crippen LogP contribution in [0, 0.1) is 5.41 Å². The lowest BCUT2D eigenvalue weighted by Gasteiger charge is -2.48. The van der Waals surface area contributed by atoms with Crippen LogP contribution < -0.4 is 5.73 Å². The van der Waals surface area contributed by atoms with Crippen molar-refractivity contribution in [2.75, 3.05) is 0 Å². The van der Waals surface area contributed by atoms with Crippen molar-refractivity contribution in [1.29, 1.82) is 0 Å². The molecule has 0 radical (unpaired) electrons. The molecule has 0 aliphatic rings. The number of rotatable bonds is 29. The third kappa shape index (κ3) is 20.8. The normalized spacial score (nSPS) is 12.2. The van der Waals surface area contributed by atoms with Crippen LogP contribution in [-0.2, 0) is 0 Å². The summed E-state index contributed by atoms with van der Waals surface area (Å²) in [4.78, 5) is 0. The maximum Gasteiger partial charge on any atom is 0.0208 e. The molecule has 0 aromatic carbocycles. The lowest BCUT2D eigenvalue weighted by atomic mass is 9.61. The monoisotopic (exact) mass is 544 g/mol. The highest BCUT2D eigenvalue weighted by molar-refractivity contribution is 5.85. The summed E-state index contributed by atoms with van der Waals surface area (Å²) in [6, 6.07) is 0. The smallest absolute Gasteiger partial charge is 0.0208 e.